The molecule has 0 radical (unpaired) electrons. The van der Waals surface area contributed by atoms with Gasteiger partial charge in [0.2, 0.25) is 5.91 Å². The Hall–Kier alpha value is -3.60. The largest absolute Gasteiger partial charge is 0.457 e. The Morgan fingerprint density at radius 2 is 1.88 bits per heavy atom. The molecule has 0 bridgehead atoms. The van der Waals surface area contributed by atoms with Gasteiger partial charge in [0.1, 0.15) is 11.5 Å². The third kappa shape index (κ3) is 5.84. The van der Waals surface area contributed by atoms with Crippen LogP contribution in [0, 0.1) is 10.1 Å². The number of carbonyl (C=O) groups excluding carboxylic acids is 1. The van der Waals surface area contributed by atoms with Crippen molar-refractivity contribution in [3.63, 3.8) is 0 Å². The second-order valence-electron chi connectivity index (χ2n) is 7.78. The molecule has 2 aromatic carbocycles. The summed E-state index contributed by atoms with van der Waals surface area (Å²) < 4.78 is 46.0. The fourth-order valence-corrected chi connectivity index (χ4v) is 3.47. The second kappa shape index (κ2) is 9.34. The van der Waals surface area contributed by atoms with Crippen LogP contribution in [0.1, 0.15) is 36.6 Å². The van der Waals surface area contributed by atoms with Crippen molar-refractivity contribution >= 4 is 28.9 Å². The molecule has 1 heterocycles. The molecule has 0 saturated heterocycles. The number of ether oxygens (including phenoxy) is 1. The van der Waals surface area contributed by atoms with E-state index in [9.17, 15) is 28.1 Å². The topological polar surface area (TPSA) is 99.3 Å². The molecule has 0 spiro atoms. The molecule has 178 valence electrons. The molecule has 1 aliphatic rings. The van der Waals surface area contributed by atoms with Crippen molar-refractivity contribution in [2.75, 3.05) is 5.32 Å². The van der Waals surface area contributed by atoms with Gasteiger partial charge in [0.25, 0.3) is 5.69 Å². The zero-order chi connectivity index (χ0) is 24.5. The minimum Gasteiger partial charge on any atom is -0.457 e. The van der Waals surface area contributed by atoms with Gasteiger partial charge in [-0.2, -0.15) is 18.3 Å². The molecule has 0 unspecified atom stereocenters. The van der Waals surface area contributed by atoms with Crippen LogP contribution in [0.5, 0.6) is 11.5 Å². The molecular weight excluding hydrogens is 477 g/mol. The van der Waals surface area contributed by atoms with Crippen LogP contribution in [0.25, 0.3) is 0 Å². The Morgan fingerprint density at radius 1 is 1.18 bits per heavy atom. The minimum absolute atomic E-state index is 0.0102. The summed E-state index contributed by atoms with van der Waals surface area (Å²) in [4.78, 5) is 23.2. The number of nitro benzene ring substituents is 1. The van der Waals surface area contributed by atoms with E-state index in [4.69, 9.17) is 16.3 Å². The molecule has 0 atom stereocenters. The zero-order valence-corrected chi connectivity index (χ0v) is 18.3. The van der Waals surface area contributed by atoms with Crippen LogP contribution in [0.2, 0.25) is 5.02 Å². The van der Waals surface area contributed by atoms with E-state index >= 15 is 0 Å². The number of hydrogen-bond donors (Lipinski definition) is 1. The molecule has 1 saturated carbocycles. The fourth-order valence-electron chi connectivity index (χ4n) is 3.35. The van der Waals surface area contributed by atoms with Crippen LogP contribution in [0.3, 0.4) is 0 Å². The van der Waals surface area contributed by atoms with E-state index in [-0.39, 0.29) is 36.0 Å². The maximum absolute atomic E-state index is 13.0. The Bertz CT molecular complexity index is 1220. The lowest BCUT2D eigenvalue weighted by atomic mass is 10.2. The van der Waals surface area contributed by atoms with Crippen LogP contribution in [0.15, 0.2) is 48.5 Å². The van der Waals surface area contributed by atoms with Gasteiger partial charge >= 0.3 is 6.18 Å². The highest BCUT2D eigenvalue weighted by molar-refractivity contribution is 6.30. The second-order valence-corrected chi connectivity index (χ2v) is 8.21. The van der Waals surface area contributed by atoms with Gasteiger partial charge < -0.3 is 10.1 Å². The SMILES string of the molecule is O=C(CCn1nc(C(F)(F)F)cc1C1CC1)Nc1cc(Oc2ccc(Cl)cc2)cc([N+](=O)[O-])c1. The number of non-ortho nitro benzene ring substituents is 1. The van der Waals surface area contributed by atoms with Crippen LogP contribution in [-0.4, -0.2) is 20.6 Å². The van der Waals surface area contributed by atoms with Crippen molar-refractivity contribution in [1.82, 2.24) is 9.78 Å². The number of alkyl halides is 3. The number of aromatic nitrogens is 2. The fraction of sp³-hybridized carbons (Fsp3) is 0.273. The quantitative estimate of drug-likeness (QED) is 0.298. The predicted molar refractivity (Wildman–Crippen MR) is 117 cm³/mol. The number of nitrogens with one attached hydrogen (secondary N) is 1. The molecule has 1 fully saturated rings. The van der Waals surface area contributed by atoms with E-state index in [1.54, 1.807) is 24.3 Å². The summed E-state index contributed by atoms with van der Waals surface area (Å²) in [7, 11) is 0. The Labute approximate surface area is 196 Å². The smallest absolute Gasteiger partial charge is 0.435 e. The summed E-state index contributed by atoms with van der Waals surface area (Å²) >= 11 is 5.84. The maximum atomic E-state index is 13.0. The van der Waals surface area contributed by atoms with Gasteiger partial charge in [-0.1, -0.05) is 11.6 Å². The van der Waals surface area contributed by atoms with E-state index in [2.05, 4.69) is 10.4 Å². The van der Waals surface area contributed by atoms with E-state index in [1.807, 2.05) is 0 Å². The maximum Gasteiger partial charge on any atom is 0.435 e. The van der Waals surface area contributed by atoms with E-state index < -0.39 is 22.7 Å². The van der Waals surface area contributed by atoms with Crippen LogP contribution in [0.4, 0.5) is 24.5 Å². The lowest BCUT2D eigenvalue weighted by Crippen LogP contribution is -2.16. The number of nitro groups is 1. The average molecular weight is 495 g/mol. The van der Waals surface area contributed by atoms with E-state index in [0.29, 0.717) is 16.5 Å². The number of amides is 1. The number of halogens is 4. The van der Waals surface area contributed by atoms with E-state index in [1.165, 1.54) is 16.8 Å². The highest BCUT2D eigenvalue weighted by atomic mass is 35.5. The van der Waals surface area contributed by atoms with Crippen molar-refractivity contribution < 1.29 is 27.6 Å². The first kappa shape index (κ1) is 23.6. The van der Waals surface area contributed by atoms with Crippen LogP contribution in [-0.2, 0) is 17.5 Å². The van der Waals surface area contributed by atoms with E-state index in [0.717, 1.165) is 25.0 Å². The molecule has 1 N–H and O–H groups in total. The standard InChI is InChI=1S/C22H18ClF3N4O4/c23-14-3-5-17(6-4-14)34-18-10-15(9-16(11-18)30(32)33)27-21(31)7-8-29-19(13-1-2-13)12-20(28-29)22(24,25)26/h3-6,9-13H,1-2,7-8H2,(H,27,31). The first-order chi connectivity index (χ1) is 16.1. The lowest BCUT2D eigenvalue weighted by Gasteiger charge is -2.10. The van der Waals surface area contributed by atoms with Gasteiger partial charge in [0.15, 0.2) is 5.69 Å². The molecule has 3 aromatic rings. The van der Waals surface area contributed by atoms with Gasteiger partial charge in [0, 0.05) is 41.7 Å². The van der Waals surface area contributed by atoms with Crippen LogP contribution < -0.4 is 10.1 Å². The van der Waals surface area contributed by atoms with Crippen molar-refractivity contribution in [3.05, 3.63) is 75.1 Å². The third-order valence-electron chi connectivity index (χ3n) is 5.08. The molecule has 0 aliphatic heterocycles. The van der Waals surface area contributed by atoms with Gasteiger partial charge in [0.05, 0.1) is 16.7 Å². The average Bonchev–Trinajstić information content (AvgIpc) is 3.51. The molecule has 12 heteroatoms. The first-order valence-electron chi connectivity index (χ1n) is 10.3. The monoisotopic (exact) mass is 494 g/mol. The molecule has 1 aromatic heterocycles. The molecule has 4 rings (SSSR count). The van der Waals surface area contributed by atoms with Crippen molar-refractivity contribution in [1.29, 1.82) is 0 Å². The minimum atomic E-state index is -4.57. The Kier molecular flexibility index (Phi) is 6.47. The molecule has 34 heavy (non-hydrogen) atoms. The zero-order valence-electron chi connectivity index (χ0n) is 17.5. The van der Waals surface area contributed by atoms with Gasteiger partial charge in [-0.3, -0.25) is 19.6 Å². The number of anilines is 1. The predicted octanol–water partition coefficient (Wildman–Crippen LogP) is 6.16. The summed E-state index contributed by atoms with van der Waals surface area (Å²) in [5.74, 6) is -0.0292. The van der Waals surface area contributed by atoms with Crippen molar-refractivity contribution in [3.8, 4) is 11.5 Å². The summed E-state index contributed by atoms with van der Waals surface area (Å²) in [6, 6.07) is 11.1. The number of benzene rings is 2. The third-order valence-corrected chi connectivity index (χ3v) is 5.34. The summed E-state index contributed by atoms with van der Waals surface area (Å²) in [6.07, 6.45) is -3.19. The summed E-state index contributed by atoms with van der Waals surface area (Å²) in [6.45, 7) is -0.0587. The number of rotatable bonds is 8. The number of hydrogen-bond acceptors (Lipinski definition) is 5. The van der Waals surface area contributed by atoms with Gasteiger partial charge in [-0.15, -0.1) is 0 Å². The molecular formula is C22H18ClF3N4O4. The summed E-state index contributed by atoms with van der Waals surface area (Å²) in [5.41, 5.74) is -0.728. The van der Waals surface area contributed by atoms with Crippen LogP contribution >= 0.6 is 11.6 Å². The Balaban J connectivity index is 1.46. The molecule has 8 nitrogen and oxygen atoms in total. The van der Waals surface area contributed by atoms with Gasteiger partial charge in [-0.25, -0.2) is 0 Å². The number of aryl methyl sites for hydroxylation is 1. The normalized spacial score (nSPS) is 13.5. The highest BCUT2D eigenvalue weighted by Crippen LogP contribution is 2.42. The molecule has 1 aliphatic carbocycles. The van der Waals surface area contributed by atoms with Crippen molar-refractivity contribution in [2.24, 2.45) is 0 Å². The molecule has 1 amide bonds. The lowest BCUT2D eigenvalue weighted by molar-refractivity contribution is -0.384. The highest BCUT2D eigenvalue weighted by Gasteiger charge is 2.37. The first-order valence-corrected chi connectivity index (χ1v) is 10.6. The Morgan fingerprint density at radius 3 is 2.50 bits per heavy atom. The number of nitrogens with zero attached hydrogens (tertiary/aromatic N) is 3. The van der Waals surface area contributed by atoms with Gasteiger partial charge in [-0.05, 0) is 43.2 Å². The van der Waals surface area contributed by atoms with Crippen molar-refractivity contribution in [2.45, 2.75) is 37.9 Å². The summed E-state index contributed by atoms with van der Waals surface area (Å²) in [5, 5.41) is 18.0. The number of carbonyl (C=O) groups is 1.